The molecular formula is C20H21FO5. The van der Waals surface area contributed by atoms with Crippen molar-refractivity contribution in [1.29, 1.82) is 0 Å². The molecule has 2 rings (SSSR count). The molecule has 0 aliphatic rings. The van der Waals surface area contributed by atoms with E-state index in [0.717, 1.165) is 5.56 Å². The summed E-state index contributed by atoms with van der Waals surface area (Å²) in [6.07, 6.45) is 0.186. The second-order valence-corrected chi connectivity index (χ2v) is 5.44. The molecule has 2 aromatic rings. The molecule has 0 amide bonds. The minimum atomic E-state index is -0.518. The minimum absolute atomic E-state index is 0.0170. The number of hydrogen-bond acceptors (Lipinski definition) is 5. The summed E-state index contributed by atoms with van der Waals surface area (Å²) >= 11 is 0. The van der Waals surface area contributed by atoms with Crippen LogP contribution >= 0.6 is 0 Å². The van der Waals surface area contributed by atoms with Crippen molar-refractivity contribution in [2.75, 3.05) is 13.2 Å². The molecule has 0 heterocycles. The van der Waals surface area contributed by atoms with Crippen molar-refractivity contribution in [2.45, 2.75) is 26.9 Å². The van der Waals surface area contributed by atoms with Crippen LogP contribution < -0.4 is 4.74 Å². The highest BCUT2D eigenvalue weighted by atomic mass is 19.1. The zero-order valence-corrected chi connectivity index (χ0v) is 14.8. The van der Waals surface area contributed by atoms with Gasteiger partial charge in [0, 0.05) is 5.56 Å². The molecule has 0 radical (unpaired) electrons. The Bertz CT molecular complexity index is 755. The molecule has 0 aliphatic heterocycles. The summed E-state index contributed by atoms with van der Waals surface area (Å²) in [7, 11) is 0. The number of carbonyl (C=O) groups excluding carboxylic acids is 2. The first-order chi connectivity index (χ1) is 12.5. The third-order valence-electron chi connectivity index (χ3n) is 3.53. The van der Waals surface area contributed by atoms with Gasteiger partial charge in [0.25, 0.3) is 0 Å². The summed E-state index contributed by atoms with van der Waals surface area (Å²) in [6, 6.07) is 10.8. The quantitative estimate of drug-likeness (QED) is 0.672. The normalized spacial score (nSPS) is 10.3. The van der Waals surface area contributed by atoms with Gasteiger partial charge in [0.2, 0.25) is 0 Å². The van der Waals surface area contributed by atoms with Gasteiger partial charge in [-0.25, -0.2) is 9.18 Å². The molecule has 0 aromatic heterocycles. The Morgan fingerprint density at radius 3 is 2.31 bits per heavy atom. The lowest BCUT2D eigenvalue weighted by Crippen LogP contribution is -2.10. The molecule has 0 N–H and O–H groups in total. The van der Waals surface area contributed by atoms with Crippen LogP contribution in [0.1, 0.15) is 35.3 Å². The number of esters is 2. The third-order valence-corrected chi connectivity index (χ3v) is 3.53. The molecule has 0 atom stereocenters. The molecule has 0 saturated heterocycles. The van der Waals surface area contributed by atoms with Crippen LogP contribution in [0.25, 0.3) is 0 Å². The highest BCUT2D eigenvalue weighted by Gasteiger charge is 2.14. The average molecular weight is 360 g/mol. The van der Waals surface area contributed by atoms with Crippen molar-refractivity contribution in [3.63, 3.8) is 0 Å². The Balaban J connectivity index is 2.03. The first-order valence-electron chi connectivity index (χ1n) is 8.36. The monoisotopic (exact) mass is 360 g/mol. The van der Waals surface area contributed by atoms with Crippen molar-refractivity contribution in [3.8, 4) is 5.75 Å². The zero-order valence-electron chi connectivity index (χ0n) is 14.8. The van der Waals surface area contributed by atoms with Gasteiger partial charge >= 0.3 is 11.9 Å². The highest BCUT2D eigenvalue weighted by molar-refractivity contribution is 5.91. The lowest BCUT2D eigenvalue weighted by Gasteiger charge is -2.11. The molecule has 138 valence electrons. The van der Waals surface area contributed by atoms with Crippen LogP contribution in [0.4, 0.5) is 4.39 Å². The predicted octanol–water partition coefficient (Wildman–Crippen LogP) is 3.69. The van der Waals surface area contributed by atoms with E-state index in [9.17, 15) is 14.0 Å². The van der Waals surface area contributed by atoms with Gasteiger partial charge in [-0.1, -0.05) is 12.1 Å². The van der Waals surface area contributed by atoms with Gasteiger partial charge in [0.15, 0.2) is 0 Å². The summed E-state index contributed by atoms with van der Waals surface area (Å²) in [5.74, 6) is -0.728. The fourth-order valence-electron chi connectivity index (χ4n) is 2.33. The fraction of sp³-hybridized carbons (Fsp3) is 0.300. The average Bonchev–Trinajstić information content (AvgIpc) is 2.61. The van der Waals surface area contributed by atoms with Crippen LogP contribution in [0, 0.1) is 5.82 Å². The van der Waals surface area contributed by atoms with Crippen LogP contribution in [0.3, 0.4) is 0 Å². The van der Waals surface area contributed by atoms with E-state index in [1.807, 2.05) is 0 Å². The van der Waals surface area contributed by atoms with Gasteiger partial charge in [-0.2, -0.15) is 0 Å². The van der Waals surface area contributed by atoms with E-state index in [1.54, 1.807) is 38.1 Å². The summed E-state index contributed by atoms with van der Waals surface area (Å²) in [5.41, 5.74) is 1.47. The van der Waals surface area contributed by atoms with E-state index in [4.69, 9.17) is 14.2 Å². The van der Waals surface area contributed by atoms with Crippen LogP contribution in [0.5, 0.6) is 5.75 Å². The van der Waals surface area contributed by atoms with Crippen LogP contribution in [-0.2, 0) is 27.3 Å². The second-order valence-electron chi connectivity index (χ2n) is 5.44. The first kappa shape index (κ1) is 19.4. The van der Waals surface area contributed by atoms with Gasteiger partial charge in [-0.05, 0) is 49.7 Å². The smallest absolute Gasteiger partial charge is 0.338 e. The van der Waals surface area contributed by atoms with Crippen LogP contribution in [0.2, 0.25) is 0 Å². The van der Waals surface area contributed by atoms with Gasteiger partial charge in [0.05, 0.1) is 25.2 Å². The number of carbonyl (C=O) groups is 2. The SMILES string of the molecule is CCOC(=O)Cc1ccc(OCc2cc(F)ccc2C(=O)OCC)cc1. The topological polar surface area (TPSA) is 61.8 Å². The molecule has 2 aromatic carbocycles. The van der Waals surface area contributed by atoms with E-state index in [2.05, 4.69) is 0 Å². The zero-order chi connectivity index (χ0) is 18.9. The van der Waals surface area contributed by atoms with Gasteiger partial charge in [-0.3, -0.25) is 4.79 Å². The van der Waals surface area contributed by atoms with E-state index in [-0.39, 0.29) is 31.2 Å². The summed E-state index contributed by atoms with van der Waals surface area (Å²) in [5, 5.41) is 0. The Hall–Kier alpha value is -2.89. The molecule has 0 fully saturated rings. The standard InChI is InChI=1S/C20H21FO5/c1-3-24-19(22)11-14-5-8-17(9-6-14)26-13-15-12-16(21)7-10-18(15)20(23)25-4-2/h5-10,12H,3-4,11,13H2,1-2H3. The molecule has 0 aliphatic carbocycles. The van der Waals surface area contributed by atoms with E-state index < -0.39 is 11.8 Å². The number of hydrogen-bond donors (Lipinski definition) is 0. The van der Waals surface area contributed by atoms with E-state index in [1.165, 1.54) is 18.2 Å². The summed E-state index contributed by atoms with van der Waals surface area (Å²) < 4.78 is 29.0. The molecular weight excluding hydrogens is 339 g/mol. The van der Waals surface area contributed by atoms with E-state index in [0.29, 0.717) is 17.9 Å². The van der Waals surface area contributed by atoms with Gasteiger partial charge in [0.1, 0.15) is 18.2 Å². The molecule has 0 spiro atoms. The molecule has 6 heteroatoms. The second kappa shape index (κ2) is 9.56. The Labute approximate surface area is 151 Å². The number of halogens is 1. The van der Waals surface area contributed by atoms with Crippen LogP contribution in [-0.4, -0.2) is 25.2 Å². The predicted molar refractivity (Wildman–Crippen MR) is 93.5 cm³/mol. The molecule has 0 saturated carbocycles. The number of benzene rings is 2. The van der Waals surface area contributed by atoms with Crippen molar-refractivity contribution in [1.82, 2.24) is 0 Å². The Morgan fingerprint density at radius 1 is 0.962 bits per heavy atom. The Kier molecular flexibility index (Phi) is 7.14. The third kappa shape index (κ3) is 5.58. The lowest BCUT2D eigenvalue weighted by atomic mass is 10.1. The highest BCUT2D eigenvalue weighted by Crippen LogP contribution is 2.18. The fourth-order valence-corrected chi connectivity index (χ4v) is 2.33. The first-order valence-corrected chi connectivity index (χ1v) is 8.36. The lowest BCUT2D eigenvalue weighted by molar-refractivity contribution is -0.142. The van der Waals surface area contributed by atoms with Crippen LogP contribution in [0.15, 0.2) is 42.5 Å². The van der Waals surface area contributed by atoms with Crippen molar-refractivity contribution < 1.29 is 28.2 Å². The molecule has 0 unspecified atom stereocenters. The maximum Gasteiger partial charge on any atom is 0.338 e. The maximum atomic E-state index is 13.5. The molecule has 26 heavy (non-hydrogen) atoms. The summed E-state index contributed by atoms with van der Waals surface area (Å²) in [4.78, 5) is 23.4. The van der Waals surface area contributed by atoms with Gasteiger partial charge < -0.3 is 14.2 Å². The molecule has 5 nitrogen and oxygen atoms in total. The minimum Gasteiger partial charge on any atom is -0.489 e. The van der Waals surface area contributed by atoms with Gasteiger partial charge in [-0.15, -0.1) is 0 Å². The summed E-state index contributed by atoms with van der Waals surface area (Å²) in [6.45, 7) is 4.05. The molecule has 0 bridgehead atoms. The maximum absolute atomic E-state index is 13.5. The van der Waals surface area contributed by atoms with Crippen molar-refractivity contribution >= 4 is 11.9 Å². The Morgan fingerprint density at radius 2 is 1.65 bits per heavy atom. The van der Waals surface area contributed by atoms with E-state index >= 15 is 0 Å². The largest absolute Gasteiger partial charge is 0.489 e. The number of rotatable bonds is 8. The van der Waals surface area contributed by atoms with Crippen molar-refractivity contribution in [2.24, 2.45) is 0 Å². The number of ether oxygens (including phenoxy) is 3. The van der Waals surface area contributed by atoms with Crippen molar-refractivity contribution in [3.05, 3.63) is 65.0 Å².